The molecule has 0 fully saturated rings. The molecular formula is C20H20N2O4S. The summed E-state index contributed by atoms with van der Waals surface area (Å²) >= 11 is 0. The highest BCUT2D eigenvalue weighted by Crippen LogP contribution is 2.17. The van der Waals surface area contributed by atoms with E-state index in [1.54, 1.807) is 42.5 Å². The Balaban J connectivity index is 2.26. The molecule has 0 aliphatic heterocycles. The first-order chi connectivity index (χ1) is 12.9. The van der Waals surface area contributed by atoms with E-state index in [0.717, 1.165) is 0 Å². The van der Waals surface area contributed by atoms with Crippen molar-refractivity contribution in [2.24, 2.45) is 0 Å². The van der Waals surface area contributed by atoms with Gasteiger partial charge in [-0.25, -0.2) is 13.2 Å². The van der Waals surface area contributed by atoms with Gasteiger partial charge in [0.1, 0.15) is 0 Å². The maximum Gasteiger partial charge on any atom is 0.337 e. The van der Waals surface area contributed by atoms with E-state index in [2.05, 4.69) is 11.3 Å². The molecule has 2 aromatic rings. The van der Waals surface area contributed by atoms with Crippen LogP contribution in [0.2, 0.25) is 0 Å². The molecule has 0 saturated carbocycles. The molecule has 0 heterocycles. The van der Waals surface area contributed by atoms with Gasteiger partial charge in [0.15, 0.2) is 0 Å². The summed E-state index contributed by atoms with van der Waals surface area (Å²) in [7, 11) is -2.41. The number of sulfonamides is 1. The highest BCUT2D eigenvalue weighted by Gasteiger charge is 2.22. The van der Waals surface area contributed by atoms with Gasteiger partial charge in [-0.1, -0.05) is 30.3 Å². The van der Waals surface area contributed by atoms with Crippen LogP contribution in [0, 0.1) is 11.3 Å². The molecule has 0 N–H and O–H groups in total. The van der Waals surface area contributed by atoms with Crippen LogP contribution in [-0.2, 0) is 27.1 Å². The van der Waals surface area contributed by atoms with Crippen LogP contribution in [0.5, 0.6) is 0 Å². The van der Waals surface area contributed by atoms with Crippen LogP contribution in [0.25, 0.3) is 0 Å². The summed E-state index contributed by atoms with van der Waals surface area (Å²) in [5.41, 5.74) is 1.96. The van der Waals surface area contributed by atoms with Crippen molar-refractivity contribution in [1.29, 1.82) is 5.26 Å². The van der Waals surface area contributed by atoms with E-state index in [9.17, 15) is 13.2 Å². The number of esters is 1. The van der Waals surface area contributed by atoms with Gasteiger partial charge in [0.05, 0.1) is 30.1 Å². The van der Waals surface area contributed by atoms with Gasteiger partial charge in [0.25, 0.3) is 0 Å². The van der Waals surface area contributed by atoms with Crippen LogP contribution in [-0.4, -0.2) is 32.3 Å². The van der Waals surface area contributed by atoms with E-state index < -0.39 is 16.0 Å². The normalized spacial score (nSPS) is 11.0. The van der Waals surface area contributed by atoms with Crippen LogP contribution in [0.4, 0.5) is 0 Å². The molecule has 0 amide bonds. The average molecular weight is 384 g/mol. The van der Waals surface area contributed by atoms with Gasteiger partial charge in [-0.05, 0) is 35.4 Å². The Bertz CT molecular complexity index is 977. The van der Waals surface area contributed by atoms with Crippen molar-refractivity contribution in [2.45, 2.75) is 12.3 Å². The highest BCUT2D eigenvalue weighted by molar-refractivity contribution is 7.88. The monoisotopic (exact) mass is 384 g/mol. The first-order valence-electron chi connectivity index (χ1n) is 8.14. The van der Waals surface area contributed by atoms with Crippen LogP contribution >= 0.6 is 0 Å². The minimum atomic E-state index is -3.68. The third kappa shape index (κ3) is 5.51. The van der Waals surface area contributed by atoms with Crippen molar-refractivity contribution >= 4 is 16.0 Å². The first-order valence-corrected chi connectivity index (χ1v) is 9.75. The van der Waals surface area contributed by atoms with E-state index in [1.165, 1.54) is 23.6 Å². The van der Waals surface area contributed by atoms with Gasteiger partial charge in [0.2, 0.25) is 10.0 Å². The predicted octanol–water partition coefficient (Wildman–Crippen LogP) is 2.86. The first kappa shape index (κ1) is 20.4. The maximum atomic E-state index is 12.9. The summed E-state index contributed by atoms with van der Waals surface area (Å²) in [4.78, 5) is 11.6. The molecule has 0 saturated heterocycles. The predicted molar refractivity (Wildman–Crippen MR) is 102 cm³/mol. The molecule has 6 nitrogen and oxygen atoms in total. The lowest BCUT2D eigenvalue weighted by Crippen LogP contribution is -2.32. The lowest BCUT2D eigenvalue weighted by Gasteiger charge is -2.21. The molecule has 2 rings (SSSR count). The summed E-state index contributed by atoms with van der Waals surface area (Å²) < 4.78 is 31.8. The molecule has 0 radical (unpaired) electrons. The number of methoxy groups -OCH3 is 1. The molecule has 0 aliphatic carbocycles. The van der Waals surface area contributed by atoms with Crippen molar-refractivity contribution in [1.82, 2.24) is 4.31 Å². The van der Waals surface area contributed by atoms with Gasteiger partial charge in [-0.2, -0.15) is 9.57 Å². The van der Waals surface area contributed by atoms with E-state index in [4.69, 9.17) is 5.26 Å². The number of ether oxygens (including phenoxy) is 1. The molecule has 0 unspecified atom stereocenters. The number of hydrogen-bond acceptors (Lipinski definition) is 5. The standard InChI is InChI=1S/C20H20N2O4S/c1-3-10-22(14-17-7-4-6-16(11-17)13-21)27(24,25)15-18-8-5-9-19(12-18)20(23)26-2/h3-9,11-12H,1,10,14-15H2,2H3. The Labute approximate surface area is 159 Å². The van der Waals surface area contributed by atoms with Gasteiger partial charge in [-0.3, -0.25) is 0 Å². The van der Waals surface area contributed by atoms with Crippen LogP contribution in [0.3, 0.4) is 0 Å². The number of carbonyl (C=O) groups excluding carboxylic acids is 1. The quantitative estimate of drug-likeness (QED) is 0.516. The average Bonchev–Trinajstić information content (AvgIpc) is 2.67. The van der Waals surface area contributed by atoms with E-state index in [1.807, 2.05) is 6.07 Å². The summed E-state index contributed by atoms with van der Waals surface area (Å²) in [6.07, 6.45) is 1.51. The molecule has 27 heavy (non-hydrogen) atoms. The van der Waals surface area contributed by atoms with Crippen LogP contribution in [0.1, 0.15) is 27.0 Å². The summed E-state index contributed by atoms with van der Waals surface area (Å²) in [5, 5.41) is 9.01. The Morgan fingerprint density at radius 3 is 2.59 bits per heavy atom. The lowest BCUT2D eigenvalue weighted by molar-refractivity contribution is 0.0600. The summed E-state index contributed by atoms with van der Waals surface area (Å²) in [6.45, 7) is 3.89. The molecule has 2 aromatic carbocycles. The number of hydrogen-bond donors (Lipinski definition) is 0. The Kier molecular flexibility index (Phi) is 6.88. The number of nitriles is 1. The van der Waals surface area contributed by atoms with Crippen molar-refractivity contribution in [3.05, 3.63) is 83.4 Å². The molecule has 0 aliphatic rings. The van der Waals surface area contributed by atoms with Crippen molar-refractivity contribution in [3.63, 3.8) is 0 Å². The summed E-state index contributed by atoms with van der Waals surface area (Å²) in [5.74, 6) is -0.783. The zero-order valence-electron chi connectivity index (χ0n) is 15.0. The van der Waals surface area contributed by atoms with E-state index in [0.29, 0.717) is 22.3 Å². The van der Waals surface area contributed by atoms with Gasteiger partial charge in [-0.15, -0.1) is 6.58 Å². The van der Waals surface area contributed by atoms with Crippen molar-refractivity contribution in [3.8, 4) is 6.07 Å². The molecule has 0 atom stereocenters. The number of benzene rings is 2. The fourth-order valence-electron chi connectivity index (χ4n) is 2.57. The maximum absolute atomic E-state index is 12.9. The topological polar surface area (TPSA) is 87.5 Å². The smallest absolute Gasteiger partial charge is 0.337 e. The Hall–Kier alpha value is -2.95. The van der Waals surface area contributed by atoms with E-state index >= 15 is 0 Å². The second kappa shape index (κ2) is 9.12. The van der Waals surface area contributed by atoms with Gasteiger partial charge in [0, 0.05) is 13.1 Å². The number of rotatable bonds is 8. The molecule has 140 valence electrons. The molecule has 0 aromatic heterocycles. The minimum Gasteiger partial charge on any atom is -0.465 e. The Morgan fingerprint density at radius 1 is 1.22 bits per heavy atom. The van der Waals surface area contributed by atoms with Crippen molar-refractivity contribution in [2.75, 3.05) is 13.7 Å². The molecular weight excluding hydrogens is 364 g/mol. The summed E-state index contributed by atoms with van der Waals surface area (Å²) in [6, 6.07) is 15.2. The fourth-order valence-corrected chi connectivity index (χ4v) is 4.03. The minimum absolute atomic E-state index is 0.126. The second-order valence-electron chi connectivity index (χ2n) is 5.84. The second-order valence-corrected chi connectivity index (χ2v) is 7.81. The van der Waals surface area contributed by atoms with Gasteiger partial charge < -0.3 is 4.74 Å². The molecule has 0 spiro atoms. The van der Waals surface area contributed by atoms with Gasteiger partial charge >= 0.3 is 5.97 Å². The number of nitrogens with zero attached hydrogens (tertiary/aromatic N) is 2. The largest absolute Gasteiger partial charge is 0.465 e. The number of carbonyl (C=O) groups is 1. The third-order valence-corrected chi connectivity index (χ3v) is 5.60. The van der Waals surface area contributed by atoms with Crippen molar-refractivity contribution < 1.29 is 17.9 Å². The molecule has 0 bridgehead atoms. The van der Waals surface area contributed by atoms with Crippen LogP contribution < -0.4 is 0 Å². The fraction of sp³-hybridized carbons (Fsp3) is 0.200. The van der Waals surface area contributed by atoms with Crippen LogP contribution in [0.15, 0.2) is 61.2 Å². The molecule has 7 heteroatoms. The zero-order valence-corrected chi connectivity index (χ0v) is 15.8. The SMILES string of the molecule is C=CCN(Cc1cccc(C#N)c1)S(=O)(=O)Cc1cccc(C(=O)OC)c1. The lowest BCUT2D eigenvalue weighted by atomic mass is 10.1. The van der Waals surface area contributed by atoms with E-state index in [-0.39, 0.29) is 18.8 Å². The Morgan fingerprint density at radius 2 is 1.93 bits per heavy atom. The highest BCUT2D eigenvalue weighted by atomic mass is 32.2. The third-order valence-electron chi connectivity index (χ3n) is 3.84. The zero-order chi connectivity index (χ0) is 19.9.